The van der Waals surface area contributed by atoms with Gasteiger partial charge in [-0.05, 0) is 30.2 Å². The number of esters is 2. The van der Waals surface area contributed by atoms with Gasteiger partial charge in [0.05, 0.1) is 6.10 Å². The van der Waals surface area contributed by atoms with Crippen molar-refractivity contribution in [3.63, 3.8) is 0 Å². The van der Waals surface area contributed by atoms with Gasteiger partial charge >= 0.3 is 17.9 Å². The van der Waals surface area contributed by atoms with Gasteiger partial charge in [0, 0.05) is 25.3 Å². The van der Waals surface area contributed by atoms with E-state index in [-0.39, 0.29) is 17.9 Å². The minimum Gasteiger partial charge on any atom is -0.504 e. The number of unbranched alkanes of at least 4 members (excludes halogenated alkanes) is 12. The Bertz CT molecular complexity index is 1020. The molecule has 0 aliphatic heterocycles. The third-order valence-corrected chi connectivity index (χ3v) is 7.66. The average Bonchev–Trinajstić information content (AvgIpc) is 2.93. The SMILES string of the molecule is CCCCCCCCCCCCCCCC(=O)OC1C(O)CC(O)(C(=O)O)CC1OC(=O)/C=C\c1ccc(O)c(O)c1. The van der Waals surface area contributed by atoms with Gasteiger partial charge in [-0.15, -0.1) is 0 Å². The molecule has 0 saturated heterocycles. The monoisotopic (exact) mass is 592 g/mol. The van der Waals surface area contributed by atoms with E-state index in [0.29, 0.717) is 12.0 Å². The Morgan fingerprint density at radius 1 is 0.857 bits per heavy atom. The largest absolute Gasteiger partial charge is 0.504 e. The topological polar surface area (TPSA) is 171 Å². The Hall–Kier alpha value is -3.11. The number of carboxylic acid groups (broad SMARTS) is 1. The zero-order chi connectivity index (χ0) is 31.0. The number of hydrogen-bond acceptors (Lipinski definition) is 9. The molecule has 0 amide bonds. The number of benzene rings is 1. The summed E-state index contributed by atoms with van der Waals surface area (Å²) in [4.78, 5) is 36.7. The third kappa shape index (κ3) is 12.4. The van der Waals surface area contributed by atoms with E-state index in [2.05, 4.69) is 6.92 Å². The van der Waals surface area contributed by atoms with E-state index in [9.17, 15) is 39.9 Å². The number of aliphatic hydroxyl groups is 2. The fourth-order valence-electron chi connectivity index (χ4n) is 5.17. The van der Waals surface area contributed by atoms with Gasteiger partial charge in [-0.2, -0.15) is 0 Å². The van der Waals surface area contributed by atoms with Crippen LogP contribution in [0.4, 0.5) is 0 Å². The molecule has 1 aliphatic carbocycles. The average molecular weight is 593 g/mol. The molecule has 10 nitrogen and oxygen atoms in total. The molecule has 42 heavy (non-hydrogen) atoms. The number of aromatic hydroxyl groups is 2. The molecule has 1 fully saturated rings. The molecule has 1 aliphatic rings. The van der Waals surface area contributed by atoms with E-state index >= 15 is 0 Å². The van der Waals surface area contributed by atoms with Crippen molar-refractivity contribution in [3.8, 4) is 11.5 Å². The second-order valence-electron chi connectivity index (χ2n) is 11.3. The number of hydrogen-bond donors (Lipinski definition) is 5. The van der Waals surface area contributed by atoms with E-state index in [0.717, 1.165) is 25.3 Å². The molecule has 1 aromatic carbocycles. The highest BCUT2D eigenvalue weighted by molar-refractivity contribution is 5.87. The number of rotatable bonds is 19. The lowest BCUT2D eigenvalue weighted by Gasteiger charge is -2.40. The predicted octanol–water partition coefficient (Wildman–Crippen LogP) is 5.39. The lowest BCUT2D eigenvalue weighted by Crippen LogP contribution is -2.58. The number of phenols is 2. The van der Waals surface area contributed by atoms with Crippen molar-refractivity contribution in [1.82, 2.24) is 0 Å². The molecule has 1 saturated carbocycles. The van der Waals surface area contributed by atoms with E-state index in [1.165, 1.54) is 82.1 Å². The minimum absolute atomic E-state index is 0.106. The minimum atomic E-state index is -2.37. The Morgan fingerprint density at radius 2 is 1.43 bits per heavy atom. The number of aliphatic hydroxyl groups excluding tert-OH is 1. The van der Waals surface area contributed by atoms with Crippen molar-refractivity contribution in [1.29, 1.82) is 0 Å². The zero-order valence-corrected chi connectivity index (χ0v) is 24.7. The van der Waals surface area contributed by atoms with E-state index in [4.69, 9.17) is 9.47 Å². The van der Waals surface area contributed by atoms with Gasteiger partial charge in [-0.3, -0.25) is 4.79 Å². The Labute approximate surface area is 248 Å². The number of ether oxygens (including phenoxy) is 2. The van der Waals surface area contributed by atoms with Crippen LogP contribution in [-0.2, 0) is 23.9 Å². The molecule has 2 rings (SSSR count). The number of aliphatic carboxylic acids is 1. The molecule has 4 unspecified atom stereocenters. The first-order valence-corrected chi connectivity index (χ1v) is 15.3. The molecule has 0 bridgehead atoms. The van der Waals surface area contributed by atoms with Crippen LogP contribution in [0.15, 0.2) is 24.3 Å². The summed E-state index contributed by atoms with van der Waals surface area (Å²) in [5, 5.41) is 49.5. The first-order valence-electron chi connectivity index (χ1n) is 15.3. The van der Waals surface area contributed by atoms with Crippen LogP contribution in [0, 0.1) is 0 Å². The highest BCUT2D eigenvalue weighted by Crippen LogP contribution is 2.33. The summed E-state index contributed by atoms with van der Waals surface area (Å²) in [6.45, 7) is 2.22. The summed E-state index contributed by atoms with van der Waals surface area (Å²) in [5.41, 5.74) is -2.00. The lowest BCUT2D eigenvalue weighted by molar-refractivity contribution is -0.206. The maximum absolute atomic E-state index is 12.5. The quantitative estimate of drug-likeness (QED) is 0.0607. The zero-order valence-electron chi connectivity index (χ0n) is 24.7. The molecule has 0 heterocycles. The van der Waals surface area contributed by atoms with Crippen LogP contribution in [0.3, 0.4) is 0 Å². The Kier molecular flexibility index (Phi) is 15.4. The van der Waals surface area contributed by atoms with Crippen molar-refractivity contribution < 1.29 is 49.4 Å². The first-order chi connectivity index (χ1) is 20.1. The lowest BCUT2D eigenvalue weighted by atomic mass is 9.79. The normalized spacial score (nSPS) is 22.2. The summed E-state index contributed by atoms with van der Waals surface area (Å²) >= 11 is 0. The van der Waals surface area contributed by atoms with Gasteiger partial charge in [-0.1, -0.05) is 90.0 Å². The fourth-order valence-corrected chi connectivity index (χ4v) is 5.17. The van der Waals surface area contributed by atoms with Crippen LogP contribution >= 0.6 is 0 Å². The van der Waals surface area contributed by atoms with Gasteiger partial charge in [-0.25, -0.2) is 9.59 Å². The van der Waals surface area contributed by atoms with Gasteiger partial charge < -0.3 is 35.0 Å². The van der Waals surface area contributed by atoms with Gasteiger partial charge in [0.1, 0.15) is 6.10 Å². The van der Waals surface area contributed by atoms with E-state index in [1.807, 2.05) is 0 Å². The van der Waals surface area contributed by atoms with Gasteiger partial charge in [0.2, 0.25) is 0 Å². The Balaban J connectivity index is 1.79. The molecule has 10 heteroatoms. The van der Waals surface area contributed by atoms with Crippen molar-refractivity contribution in [3.05, 3.63) is 29.8 Å². The number of carboxylic acids is 1. The summed E-state index contributed by atoms with van der Waals surface area (Å²) in [5.74, 6) is -3.84. The maximum atomic E-state index is 12.5. The van der Waals surface area contributed by atoms with Crippen LogP contribution < -0.4 is 0 Å². The number of phenolic OH excluding ortho intramolecular Hbond substituents is 2. The summed E-state index contributed by atoms with van der Waals surface area (Å²) in [7, 11) is 0. The van der Waals surface area contributed by atoms with Crippen molar-refractivity contribution in [2.75, 3.05) is 0 Å². The van der Waals surface area contributed by atoms with Gasteiger partial charge in [0.25, 0.3) is 0 Å². The van der Waals surface area contributed by atoms with E-state index < -0.39 is 54.7 Å². The molecule has 236 valence electrons. The van der Waals surface area contributed by atoms with Crippen LogP contribution in [0.1, 0.15) is 115 Å². The molecular formula is C32H48O10. The summed E-state index contributed by atoms with van der Waals surface area (Å²) in [6, 6.07) is 3.89. The number of carbonyl (C=O) groups excluding carboxylic acids is 2. The molecular weight excluding hydrogens is 544 g/mol. The van der Waals surface area contributed by atoms with Crippen LogP contribution in [-0.4, -0.2) is 67.4 Å². The van der Waals surface area contributed by atoms with E-state index in [1.54, 1.807) is 0 Å². The summed E-state index contributed by atoms with van der Waals surface area (Å²) in [6.07, 6.45) is 12.0. The highest BCUT2D eigenvalue weighted by atomic mass is 16.6. The Morgan fingerprint density at radius 3 is 1.98 bits per heavy atom. The van der Waals surface area contributed by atoms with Gasteiger partial charge in [0.15, 0.2) is 23.2 Å². The second kappa shape index (κ2) is 18.4. The molecule has 4 atom stereocenters. The maximum Gasteiger partial charge on any atom is 0.335 e. The standard InChI is InChI=1S/C32H48O10/c1-2-3-4-5-6-7-8-9-10-11-12-13-14-15-28(36)42-30-26(35)21-32(40,31(38)39)22-27(30)41-29(37)19-17-23-16-18-24(33)25(34)20-23/h16-20,26-27,30,33-35,40H,2-15,21-22H2,1H3,(H,38,39)/b19-17-. The highest BCUT2D eigenvalue weighted by Gasteiger charge is 2.52. The van der Waals surface area contributed by atoms with Crippen LogP contribution in [0.25, 0.3) is 6.08 Å². The molecule has 1 aromatic rings. The molecule has 5 N–H and O–H groups in total. The van der Waals surface area contributed by atoms with Crippen molar-refractivity contribution >= 4 is 24.0 Å². The fraction of sp³-hybridized carbons (Fsp3) is 0.656. The molecule has 0 radical (unpaired) electrons. The number of carbonyl (C=O) groups is 3. The smallest absolute Gasteiger partial charge is 0.335 e. The predicted molar refractivity (Wildman–Crippen MR) is 157 cm³/mol. The summed E-state index contributed by atoms with van der Waals surface area (Å²) < 4.78 is 10.8. The third-order valence-electron chi connectivity index (χ3n) is 7.66. The molecule has 0 spiro atoms. The first kappa shape index (κ1) is 35.1. The molecule has 0 aromatic heterocycles. The van der Waals surface area contributed by atoms with Crippen LogP contribution in [0.5, 0.6) is 11.5 Å². The van der Waals surface area contributed by atoms with Crippen LogP contribution in [0.2, 0.25) is 0 Å². The van der Waals surface area contributed by atoms with Crippen molar-refractivity contribution in [2.45, 2.75) is 134 Å². The van der Waals surface area contributed by atoms with Crippen molar-refractivity contribution in [2.24, 2.45) is 0 Å². The second-order valence-corrected chi connectivity index (χ2v) is 11.3.